The van der Waals surface area contributed by atoms with Crippen molar-refractivity contribution in [3.05, 3.63) is 22.4 Å². The second-order valence-corrected chi connectivity index (χ2v) is 6.79. The van der Waals surface area contributed by atoms with Crippen molar-refractivity contribution in [3.63, 3.8) is 0 Å². The van der Waals surface area contributed by atoms with Gasteiger partial charge in [0.05, 0.1) is 0 Å². The number of ether oxygens (including phenoxy) is 1. The molecule has 0 aromatic carbocycles. The lowest BCUT2D eigenvalue weighted by Crippen LogP contribution is -2.30. The van der Waals surface area contributed by atoms with Gasteiger partial charge < -0.3 is 4.74 Å². The van der Waals surface area contributed by atoms with Crippen LogP contribution in [0.2, 0.25) is 0 Å². The van der Waals surface area contributed by atoms with Gasteiger partial charge in [0, 0.05) is 24.0 Å². The van der Waals surface area contributed by atoms with Crippen molar-refractivity contribution >= 4 is 11.3 Å². The van der Waals surface area contributed by atoms with E-state index >= 15 is 0 Å². The fraction of sp³-hybridized carbons (Fsp3) is 0.714. The Kier molecular flexibility index (Phi) is 3.70. The lowest BCUT2D eigenvalue weighted by atomic mass is 9.70. The summed E-state index contributed by atoms with van der Waals surface area (Å²) in [6.07, 6.45) is 2.44. The molecule has 0 amide bonds. The molecule has 2 rings (SSSR count). The number of hydrogen-bond donors (Lipinski definition) is 0. The minimum absolute atomic E-state index is 0.354. The highest BCUT2D eigenvalue weighted by Crippen LogP contribution is 2.45. The minimum Gasteiger partial charge on any atom is -0.381 e. The Morgan fingerprint density at radius 1 is 1.31 bits per heavy atom. The van der Waals surface area contributed by atoms with Crippen LogP contribution >= 0.6 is 11.3 Å². The molecule has 1 saturated heterocycles. The maximum absolute atomic E-state index is 5.48. The van der Waals surface area contributed by atoms with Gasteiger partial charge in [-0.05, 0) is 35.6 Å². The predicted molar refractivity (Wildman–Crippen MR) is 70.1 cm³/mol. The van der Waals surface area contributed by atoms with E-state index in [-0.39, 0.29) is 0 Å². The summed E-state index contributed by atoms with van der Waals surface area (Å²) < 4.78 is 5.48. The van der Waals surface area contributed by atoms with E-state index in [1.165, 1.54) is 12.8 Å². The van der Waals surface area contributed by atoms with Gasteiger partial charge in [-0.2, -0.15) is 0 Å². The molecule has 1 fully saturated rings. The molecule has 1 aromatic rings. The SMILES string of the molecule is CC(C)(C)C(c1cccs1)C1CCOCC1. The van der Waals surface area contributed by atoms with Crippen LogP contribution in [-0.2, 0) is 4.74 Å². The second-order valence-electron chi connectivity index (χ2n) is 5.81. The first-order valence-electron chi connectivity index (χ1n) is 6.20. The average Bonchev–Trinajstić information content (AvgIpc) is 2.71. The lowest BCUT2D eigenvalue weighted by molar-refractivity contribution is 0.0426. The van der Waals surface area contributed by atoms with Crippen molar-refractivity contribution < 1.29 is 4.74 Å². The van der Waals surface area contributed by atoms with Crippen LogP contribution in [0.25, 0.3) is 0 Å². The molecular weight excluding hydrogens is 216 g/mol. The zero-order chi connectivity index (χ0) is 11.6. The molecule has 1 atom stereocenters. The first kappa shape index (κ1) is 12.1. The van der Waals surface area contributed by atoms with E-state index in [1.807, 2.05) is 11.3 Å². The average molecular weight is 238 g/mol. The summed E-state index contributed by atoms with van der Waals surface area (Å²) in [5.74, 6) is 1.49. The lowest BCUT2D eigenvalue weighted by Gasteiger charge is -2.38. The zero-order valence-electron chi connectivity index (χ0n) is 10.5. The van der Waals surface area contributed by atoms with Gasteiger partial charge >= 0.3 is 0 Å². The fourth-order valence-corrected chi connectivity index (χ4v) is 4.05. The molecule has 1 aliphatic heterocycles. The third kappa shape index (κ3) is 2.67. The molecular formula is C14H22OS. The van der Waals surface area contributed by atoms with E-state index in [4.69, 9.17) is 4.74 Å². The zero-order valence-corrected chi connectivity index (χ0v) is 11.3. The summed E-state index contributed by atoms with van der Waals surface area (Å²) in [4.78, 5) is 1.56. The maximum atomic E-state index is 5.48. The van der Waals surface area contributed by atoms with Gasteiger partial charge in [0.2, 0.25) is 0 Å². The molecule has 2 heterocycles. The minimum atomic E-state index is 0.354. The molecule has 0 aliphatic carbocycles. The first-order valence-corrected chi connectivity index (χ1v) is 7.08. The number of hydrogen-bond acceptors (Lipinski definition) is 2. The summed E-state index contributed by atoms with van der Waals surface area (Å²) >= 11 is 1.91. The highest BCUT2D eigenvalue weighted by atomic mass is 32.1. The van der Waals surface area contributed by atoms with Crippen LogP contribution in [0.15, 0.2) is 17.5 Å². The van der Waals surface area contributed by atoms with E-state index in [1.54, 1.807) is 4.88 Å². The van der Waals surface area contributed by atoms with Crippen LogP contribution in [0.1, 0.15) is 44.4 Å². The highest BCUT2D eigenvalue weighted by Gasteiger charge is 2.34. The van der Waals surface area contributed by atoms with Crippen molar-refractivity contribution in [1.29, 1.82) is 0 Å². The van der Waals surface area contributed by atoms with Crippen molar-refractivity contribution in [2.24, 2.45) is 11.3 Å². The fourth-order valence-electron chi connectivity index (χ4n) is 2.88. The molecule has 0 N–H and O–H groups in total. The smallest absolute Gasteiger partial charge is 0.0468 e. The van der Waals surface area contributed by atoms with Gasteiger partial charge in [-0.25, -0.2) is 0 Å². The molecule has 2 heteroatoms. The molecule has 1 unspecified atom stereocenters. The van der Waals surface area contributed by atoms with Crippen LogP contribution in [0.5, 0.6) is 0 Å². The summed E-state index contributed by atoms with van der Waals surface area (Å²) in [7, 11) is 0. The van der Waals surface area contributed by atoms with Crippen molar-refractivity contribution in [3.8, 4) is 0 Å². The molecule has 0 saturated carbocycles. The van der Waals surface area contributed by atoms with E-state index < -0.39 is 0 Å². The van der Waals surface area contributed by atoms with E-state index in [9.17, 15) is 0 Å². The van der Waals surface area contributed by atoms with Crippen molar-refractivity contribution in [1.82, 2.24) is 0 Å². The second kappa shape index (κ2) is 4.89. The predicted octanol–water partition coefficient (Wildman–Crippen LogP) is 4.30. The van der Waals surface area contributed by atoms with Crippen LogP contribution < -0.4 is 0 Å². The Morgan fingerprint density at radius 3 is 2.50 bits per heavy atom. The van der Waals surface area contributed by atoms with Crippen LogP contribution in [-0.4, -0.2) is 13.2 Å². The van der Waals surface area contributed by atoms with Crippen molar-refractivity contribution in [2.45, 2.75) is 39.5 Å². The molecule has 16 heavy (non-hydrogen) atoms. The monoisotopic (exact) mass is 238 g/mol. The van der Waals surface area contributed by atoms with Gasteiger partial charge in [0.15, 0.2) is 0 Å². The van der Waals surface area contributed by atoms with Gasteiger partial charge in [-0.3, -0.25) is 0 Å². The van der Waals surface area contributed by atoms with E-state index in [0.717, 1.165) is 19.1 Å². The highest BCUT2D eigenvalue weighted by molar-refractivity contribution is 7.10. The third-order valence-corrected chi connectivity index (χ3v) is 4.48. The molecule has 0 spiro atoms. The molecule has 1 aliphatic rings. The van der Waals surface area contributed by atoms with Gasteiger partial charge in [-0.15, -0.1) is 11.3 Å². The van der Waals surface area contributed by atoms with Gasteiger partial charge in [0.25, 0.3) is 0 Å². The Balaban J connectivity index is 2.21. The summed E-state index contributed by atoms with van der Waals surface area (Å²) in [5.41, 5.74) is 0.354. The number of thiophene rings is 1. The maximum Gasteiger partial charge on any atom is 0.0468 e. The molecule has 90 valence electrons. The Labute approximate surface area is 103 Å². The van der Waals surface area contributed by atoms with Crippen LogP contribution in [0, 0.1) is 11.3 Å². The molecule has 0 radical (unpaired) electrons. The normalized spacial score (nSPS) is 20.9. The van der Waals surface area contributed by atoms with E-state index in [0.29, 0.717) is 11.3 Å². The quantitative estimate of drug-likeness (QED) is 0.746. The largest absolute Gasteiger partial charge is 0.381 e. The summed E-state index contributed by atoms with van der Waals surface area (Å²) in [5, 5.41) is 2.20. The van der Waals surface area contributed by atoms with Crippen LogP contribution in [0.4, 0.5) is 0 Å². The van der Waals surface area contributed by atoms with Gasteiger partial charge in [-0.1, -0.05) is 26.8 Å². The van der Waals surface area contributed by atoms with Gasteiger partial charge in [0.1, 0.15) is 0 Å². The van der Waals surface area contributed by atoms with E-state index in [2.05, 4.69) is 38.3 Å². The Morgan fingerprint density at radius 2 is 2.00 bits per heavy atom. The molecule has 0 bridgehead atoms. The summed E-state index contributed by atoms with van der Waals surface area (Å²) in [6.45, 7) is 9.00. The number of rotatable bonds is 2. The topological polar surface area (TPSA) is 9.23 Å². The third-order valence-electron chi connectivity index (χ3n) is 3.52. The molecule has 1 aromatic heterocycles. The van der Waals surface area contributed by atoms with Crippen LogP contribution in [0.3, 0.4) is 0 Å². The summed E-state index contributed by atoms with van der Waals surface area (Å²) in [6, 6.07) is 4.48. The first-order chi connectivity index (χ1) is 7.59. The Hall–Kier alpha value is -0.340. The van der Waals surface area contributed by atoms with Crippen molar-refractivity contribution in [2.75, 3.05) is 13.2 Å². The Bertz CT molecular complexity index is 304. The molecule has 1 nitrogen and oxygen atoms in total. The standard InChI is InChI=1S/C14H22OS/c1-14(2,3)13(12-5-4-10-16-12)11-6-8-15-9-7-11/h4-5,10-11,13H,6-9H2,1-3H3.